The van der Waals surface area contributed by atoms with Crippen molar-refractivity contribution in [1.29, 1.82) is 0 Å². The van der Waals surface area contributed by atoms with E-state index in [-0.39, 0.29) is 13.2 Å². The smallest absolute Gasteiger partial charge is 0.0633 e. The van der Waals surface area contributed by atoms with Crippen molar-refractivity contribution in [2.75, 3.05) is 13.2 Å². The van der Waals surface area contributed by atoms with Crippen molar-refractivity contribution >= 4 is 22.5 Å². The highest BCUT2D eigenvalue weighted by molar-refractivity contribution is 6.31. The number of aromatic nitrogens is 1. The molecule has 0 fully saturated rings. The van der Waals surface area contributed by atoms with E-state index in [1.54, 1.807) is 6.92 Å². The first kappa shape index (κ1) is 13.4. The van der Waals surface area contributed by atoms with Crippen molar-refractivity contribution in [3.05, 3.63) is 35.0 Å². The first-order valence-electron chi connectivity index (χ1n) is 5.80. The van der Waals surface area contributed by atoms with Crippen molar-refractivity contribution in [3.63, 3.8) is 0 Å². The highest BCUT2D eigenvalue weighted by Gasteiger charge is 2.21. The zero-order valence-electron chi connectivity index (χ0n) is 10.2. The van der Waals surface area contributed by atoms with Crippen molar-refractivity contribution in [3.8, 4) is 0 Å². The Balaban J connectivity index is 2.17. The predicted octanol–water partition coefficient (Wildman–Crippen LogP) is 1.65. The number of aliphatic hydroxyl groups is 2. The van der Waals surface area contributed by atoms with Gasteiger partial charge in [0.25, 0.3) is 0 Å². The van der Waals surface area contributed by atoms with Crippen LogP contribution in [-0.4, -0.2) is 33.9 Å². The molecule has 98 valence electrons. The monoisotopic (exact) mass is 268 g/mol. The standard InChI is InChI=1S/C13H17ClN2O2/c1-13(7-17,8-18)16-6-9-5-15-12-4-10(14)2-3-11(9)12/h2-5,15-18H,6-8H2,1H3. The number of hydrogen-bond donors (Lipinski definition) is 4. The van der Waals surface area contributed by atoms with Crippen LogP contribution in [0.5, 0.6) is 0 Å². The Morgan fingerprint density at radius 1 is 1.33 bits per heavy atom. The summed E-state index contributed by atoms with van der Waals surface area (Å²) in [5.74, 6) is 0. The summed E-state index contributed by atoms with van der Waals surface area (Å²) in [6.07, 6.45) is 1.91. The molecule has 0 bridgehead atoms. The lowest BCUT2D eigenvalue weighted by molar-refractivity contribution is 0.103. The zero-order chi connectivity index (χ0) is 13.2. The van der Waals surface area contributed by atoms with E-state index in [0.717, 1.165) is 16.5 Å². The van der Waals surface area contributed by atoms with E-state index in [2.05, 4.69) is 10.3 Å². The predicted molar refractivity (Wildman–Crippen MR) is 72.7 cm³/mol. The maximum Gasteiger partial charge on any atom is 0.0633 e. The van der Waals surface area contributed by atoms with Gasteiger partial charge in [0.2, 0.25) is 0 Å². The summed E-state index contributed by atoms with van der Waals surface area (Å²) in [5, 5.41) is 23.4. The van der Waals surface area contributed by atoms with Crippen LogP contribution in [0.15, 0.2) is 24.4 Å². The first-order valence-corrected chi connectivity index (χ1v) is 6.18. The summed E-state index contributed by atoms with van der Waals surface area (Å²) >= 11 is 5.92. The van der Waals surface area contributed by atoms with Crippen LogP contribution in [0.3, 0.4) is 0 Å². The summed E-state index contributed by atoms with van der Waals surface area (Å²) in [7, 11) is 0. The third-order valence-electron chi connectivity index (χ3n) is 3.13. The molecule has 0 spiro atoms. The Hall–Kier alpha value is -1.07. The average Bonchev–Trinajstić information content (AvgIpc) is 2.78. The molecule has 0 saturated heterocycles. The highest BCUT2D eigenvalue weighted by atomic mass is 35.5. The lowest BCUT2D eigenvalue weighted by Gasteiger charge is -2.26. The quantitative estimate of drug-likeness (QED) is 0.667. The summed E-state index contributed by atoms with van der Waals surface area (Å²) < 4.78 is 0. The van der Waals surface area contributed by atoms with Crippen LogP contribution in [0.1, 0.15) is 12.5 Å². The molecule has 2 aromatic rings. The largest absolute Gasteiger partial charge is 0.394 e. The average molecular weight is 269 g/mol. The Bertz CT molecular complexity index is 535. The van der Waals surface area contributed by atoms with Gasteiger partial charge in [0.05, 0.1) is 18.8 Å². The van der Waals surface area contributed by atoms with E-state index >= 15 is 0 Å². The molecule has 0 radical (unpaired) electrons. The van der Waals surface area contributed by atoms with Crippen LogP contribution in [0.4, 0.5) is 0 Å². The summed E-state index contributed by atoms with van der Waals surface area (Å²) in [6.45, 7) is 2.12. The maximum absolute atomic E-state index is 9.22. The van der Waals surface area contributed by atoms with Gasteiger partial charge in [-0.2, -0.15) is 0 Å². The maximum atomic E-state index is 9.22. The van der Waals surface area contributed by atoms with Crippen LogP contribution in [-0.2, 0) is 6.54 Å². The molecule has 0 saturated carbocycles. The minimum absolute atomic E-state index is 0.113. The molecule has 1 aromatic carbocycles. The molecular formula is C13H17ClN2O2. The van der Waals surface area contributed by atoms with Gasteiger partial charge in [-0.15, -0.1) is 0 Å². The third-order valence-corrected chi connectivity index (χ3v) is 3.37. The summed E-state index contributed by atoms with van der Waals surface area (Å²) in [4.78, 5) is 3.15. The number of halogens is 1. The van der Waals surface area contributed by atoms with Crippen LogP contribution in [0.2, 0.25) is 5.02 Å². The number of nitrogens with one attached hydrogen (secondary N) is 2. The minimum Gasteiger partial charge on any atom is -0.394 e. The molecular weight excluding hydrogens is 252 g/mol. The second kappa shape index (κ2) is 5.28. The van der Waals surface area contributed by atoms with Crippen molar-refractivity contribution in [2.45, 2.75) is 19.0 Å². The molecule has 0 amide bonds. The van der Waals surface area contributed by atoms with E-state index in [1.165, 1.54) is 0 Å². The molecule has 0 atom stereocenters. The van der Waals surface area contributed by atoms with Gasteiger partial charge in [-0.3, -0.25) is 0 Å². The zero-order valence-corrected chi connectivity index (χ0v) is 11.0. The molecule has 5 heteroatoms. The number of benzene rings is 1. The SMILES string of the molecule is CC(CO)(CO)NCc1c[nH]c2cc(Cl)ccc12. The summed E-state index contributed by atoms with van der Waals surface area (Å²) in [6, 6.07) is 5.68. The van der Waals surface area contributed by atoms with E-state index in [0.29, 0.717) is 11.6 Å². The number of H-pyrrole nitrogens is 1. The highest BCUT2D eigenvalue weighted by Crippen LogP contribution is 2.22. The van der Waals surface area contributed by atoms with Gasteiger partial charge < -0.3 is 20.5 Å². The van der Waals surface area contributed by atoms with Gasteiger partial charge in [-0.05, 0) is 24.6 Å². The lowest BCUT2D eigenvalue weighted by atomic mass is 10.0. The molecule has 0 aliphatic rings. The van der Waals surface area contributed by atoms with Crippen molar-refractivity contribution < 1.29 is 10.2 Å². The molecule has 4 N–H and O–H groups in total. The number of hydrogen-bond acceptors (Lipinski definition) is 3. The fourth-order valence-corrected chi connectivity index (χ4v) is 1.95. The van der Waals surface area contributed by atoms with Gasteiger partial charge in [0.15, 0.2) is 0 Å². The van der Waals surface area contributed by atoms with Crippen LogP contribution in [0.25, 0.3) is 10.9 Å². The Morgan fingerprint density at radius 3 is 2.72 bits per heavy atom. The van der Waals surface area contributed by atoms with Gasteiger partial charge in [0.1, 0.15) is 0 Å². The minimum atomic E-state index is -0.671. The molecule has 0 aliphatic heterocycles. The molecule has 4 nitrogen and oxygen atoms in total. The lowest BCUT2D eigenvalue weighted by Crippen LogP contribution is -2.48. The van der Waals surface area contributed by atoms with Crippen molar-refractivity contribution in [1.82, 2.24) is 10.3 Å². The molecule has 18 heavy (non-hydrogen) atoms. The Morgan fingerprint density at radius 2 is 2.06 bits per heavy atom. The van der Waals surface area contributed by atoms with E-state index in [4.69, 9.17) is 11.6 Å². The van der Waals surface area contributed by atoms with Crippen LogP contribution >= 0.6 is 11.6 Å². The Labute approximate surface area is 111 Å². The topological polar surface area (TPSA) is 68.3 Å². The molecule has 0 aliphatic carbocycles. The number of rotatable bonds is 5. The van der Waals surface area contributed by atoms with Crippen LogP contribution in [0, 0.1) is 0 Å². The third kappa shape index (κ3) is 2.67. The van der Waals surface area contributed by atoms with E-state index in [9.17, 15) is 10.2 Å². The van der Waals surface area contributed by atoms with Gasteiger partial charge in [-0.25, -0.2) is 0 Å². The normalized spacial score (nSPS) is 12.2. The number of aromatic amines is 1. The van der Waals surface area contributed by atoms with Gasteiger partial charge >= 0.3 is 0 Å². The fraction of sp³-hybridized carbons (Fsp3) is 0.385. The fourth-order valence-electron chi connectivity index (χ4n) is 1.78. The summed E-state index contributed by atoms with van der Waals surface area (Å²) in [5.41, 5.74) is 1.39. The molecule has 0 unspecified atom stereocenters. The molecule has 1 heterocycles. The second-order valence-electron chi connectivity index (χ2n) is 4.73. The van der Waals surface area contributed by atoms with Crippen molar-refractivity contribution in [2.24, 2.45) is 0 Å². The van der Waals surface area contributed by atoms with Gasteiger partial charge in [-0.1, -0.05) is 17.7 Å². The molecule has 1 aromatic heterocycles. The molecule has 2 rings (SSSR count). The second-order valence-corrected chi connectivity index (χ2v) is 5.17. The number of fused-ring (bicyclic) bond motifs is 1. The first-order chi connectivity index (χ1) is 8.58. The van der Waals surface area contributed by atoms with E-state index < -0.39 is 5.54 Å². The Kier molecular flexibility index (Phi) is 3.92. The number of aliphatic hydroxyl groups excluding tert-OH is 2. The van der Waals surface area contributed by atoms with E-state index in [1.807, 2.05) is 24.4 Å². The van der Waals surface area contributed by atoms with Crippen LogP contribution < -0.4 is 5.32 Å². The van der Waals surface area contributed by atoms with Gasteiger partial charge in [0, 0.05) is 28.7 Å².